The first kappa shape index (κ1) is 17.1. The maximum atomic E-state index is 12.4. The first-order valence-corrected chi connectivity index (χ1v) is 8.25. The van der Waals surface area contributed by atoms with E-state index in [9.17, 15) is 9.90 Å². The second kappa shape index (κ2) is 6.89. The van der Waals surface area contributed by atoms with E-state index in [1.807, 2.05) is 13.8 Å². The molecule has 2 rings (SSSR count). The number of halogens is 1. The number of nitrogens with zero attached hydrogens (tertiary/aromatic N) is 1. The molecule has 0 saturated carbocycles. The maximum absolute atomic E-state index is 12.4. The predicted octanol–water partition coefficient (Wildman–Crippen LogP) is 3.91. The van der Waals surface area contributed by atoms with Gasteiger partial charge in [-0.15, -0.1) is 0 Å². The average molecular weight is 358 g/mol. The van der Waals surface area contributed by atoms with Gasteiger partial charge >= 0.3 is 0 Å². The number of hydrogen-bond acceptors (Lipinski definition) is 5. The van der Waals surface area contributed by atoms with E-state index in [1.165, 1.54) is 24.9 Å². The van der Waals surface area contributed by atoms with Crippen LogP contribution in [0.5, 0.6) is 11.5 Å². The Morgan fingerprint density at radius 2 is 2.18 bits per heavy atom. The van der Waals surface area contributed by atoms with Gasteiger partial charge in [-0.25, -0.2) is 0 Å². The Hall–Kier alpha value is -1.24. The predicted molar refractivity (Wildman–Crippen MR) is 94.4 cm³/mol. The summed E-state index contributed by atoms with van der Waals surface area (Å²) in [5.74, 6) is 0.469. The summed E-state index contributed by atoms with van der Waals surface area (Å²) in [4.78, 5) is 14.5. The molecule has 0 atom stereocenters. The number of ether oxygens (including phenoxy) is 1. The molecule has 1 fully saturated rings. The van der Waals surface area contributed by atoms with E-state index < -0.39 is 0 Å². The van der Waals surface area contributed by atoms with Crippen molar-refractivity contribution < 1.29 is 14.6 Å². The van der Waals surface area contributed by atoms with Crippen LogP contribution < -0.4 is 4.74 Å². The van der Waals surface area contributed by atoms with Crippen LogP contribution in [0.15, 0.2) is 17.0 Å². The topological polar surface area (TPSA) is 49.8 Å². The quantitative estimate of drug-likeness (QED) is 0.654. The summed E-state index contributed by atoms with van der Waals surface area (Å²) in [6, 6.07) is 2.98. The number of phenols is 1. The highest BCUT2D eigenvalue weighted by molar-refractivity contribution is 8.26. The molecule has 0 aromatic heterocycles. The molecule has 1 saturated heterocycles. The minimum absolute atomic E-state index is 0.0444. The van der Waals surface area contributed by atoms with Gasteiger partial charge in [0.05, 0.1) is 17.0 Å². The van der Waals surface area contributed by atoms with E-state index in [2.05, 4.69) is 0 Å². The van der Waals surface area contributed by atoms with Gasteiger partial charge in [0.25, 0.3) is 5.91 Å². The van der Waals surface area contributed by atoms with Gasteiger partial charge in [0.15, 0.2) is 11.5 Å². The summed E-state index contributed by atoms with van der Waals surface area (Å²) in [6.07, 6.45) is 1.67. The summed E-state index contributed by atoms with van der Waals surface area (Å²) in [6.45, 7) is 4.66. The van der Waals surface area contributed by atoms with E-state index in [0.29, 0.717) is 38.0 Å². The molecule has 1 aromatic rings. The van der Waals surface area contributed by atoms with Gasteiger partial charge in [-0.3, -0.25) is 9.69 Å². The molecule has 1 amide bonds. The first-order chi connectivity index (χ1) is 10.3. The van der Waals surface area contributed by atoms with Crippen LogP contribution in [0.3, 0.4) is 0 Å². The fraction of sp³-hybridized carbons (Fsp3) is 0.333. The summed E-state index contributed by atoms with van der Waals surface area (Å²) in [5.41, 5.74) is 0.598. The number of amides is 1. The molecule has 0 aliphatic carbocycles. The monoisotopic (exact) mass is 357 g/mol. The molecule has 4 nitrogen and oxygen atoms in total. The zero-order chi connectivity index (χ0) is 16.4. The Morgan fingerprint density at radius 1 is 1.50 bits per heavy atom. The number of hydrogen-bond donors (Lipinski definition) is 1. The molecule has 0 radical (unpaired) electrons. The van der Waals surface area contributed by atoms with E-state index in [0.717, 1.165) is 0 Å². The largest absolute Gasteiger partial charge is 0.504 e. The lowest BCUT2D eigenvalue weighted by molar-refractivity contribution is -0.122. The van der Waals surface area contributed by atoms with Crippen LogP contribution in [0, 0.1) is 5.92 Å². The Labute approximate surface area is 144 Å². The van der Waals surface area contributed by atoms with Crippen LogP contribution >= 0.6 is 35.6 Å². The van der Waals surface area contributed by atoms with Crippen LogP contribution in [0.1, 0.15) is 19.4 Å². The van der Waals surface area contributed by atoms with Crippen LogP contribution in [-0.4, -0.2) is 33.9 Å². The van der Waals surface area contributed by atoms with Crippen LogP contribution in [0.4, 0.5) is 0 Å². The van der Waals surface area contributed by atoms with Crippen molar-refractivity contribution in [3.63, 3.8) is 0 Å². The lowest BCUT2D eigenvalue weighted by atomic mass is 10.1. The first-order valence-electron chi connectivity index (χ1n) is 6.65. The number of aromatic hydroxyl groups is 1. The lowest BCUT2D eigenvalue weighted by Crippen LogP contribution is -2.31. The molecule has 0 spiro atoms. The van der Waals surface area contributed by atoms with Crippen molar-refractivity contribution in [3.8, 4) is 11.5 Å². The van der Waals surface area contributed by atoms with Gasteiger partial charge in [-0.05, 0) is 23.6 Å². The molecule has 7 heteroatoms. The van der Waals surface area contributed by atoms with Crippen LogP contribution in [-0.2, 0) is 4.79 Å². The number of thiocarbonyl (C=S) groups is 1. The number of carbonyl (C=O) groups excluding carboxylic acids is 1. The van der Waals surface area contributed by atoms with Crippen molar-refractivity contribution in [1.82, 2.24) is 4.90 Å². The van der Waals surface area contributed by atoms with E-state index >= 15 is 0 Å². The number of methoxy groups -OCH3 is 1. The third-order valence-electron chi connectivity index (χ3n) is 3.01. The molecular formula is C15H16ClNO3S2. The third-order valence-corrected chi connectivity index (χ3v) is 4.71. The molecule has 1 aliphatic heterocycles. The van der Waals surface area contributed by atoms with Crippen molar-refractivity contribution in [2.75, 3.05) is 13.7 Å². The van der Waals surface area contributed by atoms with Crippen molar-refractivity contribution in [2.24, 2.45) is 5.92 Å². The Kier molecular flexibility index (Phi) is 5.36. The van der Waals surface area contributed by atoms with Gasteiger partial charge in [0, 0.05) is 12.6 Å². The molecule has 118 valence electrons. The SMILES string of the molecule is COc1cc(C=C2SC(=S)N(CC(C)C)C2=O)c(Cl)cc1O. The third kappa shape index (κ3) is 3.56. The highest BCUT2D eigenvalue weighted by Crippen LogP contribution is 2.37. The maximum Gasteiger partial charge on any atom is 0.266 e. The van der Waals surface area contributed by atoms with Crippen LogP contribution in [0.2, 0.25) is 5.02 Å². The molecule has 22 heavy (non-hydrogen) atoms. The van der Waals surface area contributed by atoms with Crippen molar-refractivity contribution >= 4 is 51.9 Å². The van der Waals surface area contributed by atoms with Crippen LogP contribution in [0.25, 0.3) is 6.08 Å². The number of benzene rings is 1. The van der Waals surface area contributed by atoms with E-state index in [4.69, 9.17) is 28.6 Å². The minimum atomic E-state index is -0.119. The Balaban J connectivity index is 2.34. The van der Waals surface area contributed by atoms with Gasteiger partial charge in [0.2, 0.25) is 0 Å². The van der Waals surface area contributed by atoms with Gasteiger partial charge in [-0.1, -0.05) is 49.4 Å². The molecule has 0 unspecified atom stereocenters. The summed E-state index contributed by atoms with van der Waals surface area (Å²) in [5, 5.41) is 10.0. The molecule has 1 heterocycles. The van der Waals surface area contributed by atoms with E-state index in [1.54, 1.807) is 17.0 Å². The molecule has 1 aromatic carbocycles. The van der Waals surface area contributed by atoms with Crippen molar-refractivity contribution in [2.45, 2.75) is 13.8 Å². The fourth-order valence-electron chi connectivity index (χ4n) is 2.00. The molecule has 0 bridgehead atoms. The summed E-state index contributed by atoms with van der Waals surface area (Å²) in [7, 11) is 1.45. The normalized spacial score (nSPS) is 17.0. The standard InChI is InChI=1S/C15H16ClNO3S2/c1-8(2)7-17-14(19)13(22-15(17)21)5-9-4-12(20-3)11(18)6-10(9)16/h4-6,8,18H,7H2,1-3H3. The molecule has 1 N–H and O–H groups in total. The molecule has 1 aliphatic rings. The van der Waals surface area contributed by atoms with E-state index in [-0.39, 0.29) is 11.7 Å². The number of thioether (sulfide) groups is 1. The lowest BCUT2D eigenvalue weighted by Gasteiger charge is -2.16. The van der Waals surface area contributed by atoms with Crippen molar-refractivity contribution in [1.29, 1.82) is 0 Å². The second-order valence-corrected chi connectivity index (χ2v) is 7.31. The average Bonchev–Trinajstić information content (AvgIpc) is 2.69. The fourth-order valence-corrected chi connectivity index (χ4v) is 3.47. The highest BCUT2D eigenvalue weighted by Gasteiger charge is 2.32. The number of rotatable bonds is 4. The van der Waals surface area contributed by atoms with Gasteiger partial charge < -0.3 is 9.84 Å². The second-order valence-electron chi connectivity index (χ2n) is 5.23. The molecular weight excluding hydrogens is 342 g/mol. The summed E-state index contributed by atoms with van der Waals surface area (Å²) >= 11 is 12.6. The summed E-state index contributed by atoms with van der Waals surface area (Å²) < 4.78 is 5.61. The minimum Gasteiger partial charge on any atom is -0.504 e. The number of carbonyl (C=O) groups is 1. The zero-order valence-corrected chi connectivity index (χ0v) is 14.8. The highest BCUT2D eigenvalue weighted by atomic mass is 35.5. The number of phenolic OH excluding ortho intramolecular Hbond substituents is 1. The van der Waals surface area contributed by atoms with Crippen molar-refractivity contribution in [3.05, 3.63) is 27.6 Å². The van der Waals surface area contributed by atoms with Gasteiger partial charge in [0.1, 0.15) is 4.32 Å². The Morgan fingerprint density at radius 3 is 2.77 bits per heavy atom. The Bertz CT molecular complexity index is 658. The van der Waals surface area contributed by atoms with Gasteiger partial charge in [-0.2, -0.15) is 0 Å². The zero-order valence-electron chi connectivity index (χ0n) is 12.4. The smallest absolute Gasteiger partial charge is 0.266 e.